The minimum atomic E-state index is -0.690. The van der Waals surface area contributed by atoms with E-state index < -0.39 is 12.2 Å². The van der Waals surface area contributed by atoms with Gasteiger partial charge < -0.3 is 15.9 Å². The van der Waals surface area contributed by atoms with Gasteiger partial charge in [0.25, 0.3) is 0 Å². The number of hydrogen-bond acceptors (Lipinski definition) is 3. The summed E-state index contributed by atoms with van der Waals surface area (Å²) in [6.07, 6.45) is 2.00. The predicted octanol–water partition coefficient (Wildman–Crippen LogP) is -0.409. The van der Waals surface area contributed by atoms with Gasteiger partial charge in [0, 0.05) is 0 Å². The topological polar surface area (TPSA) is 66.5 Å². The van der Waals surface area contributed by atoms with Crippen LogP contribution < -0.4 is 5.73 Å². The van der Waals surface area contributed by atoms with Gasteiger partial charge in [0.05, 0.1) is 12.2 Å². The highest BCUT2D eigenvalue weighted by Gasteiger charge is 2.06. The van der Waals surface area contributed by atoms with Crippen LogP contribution in [0.3, 0.4) is 0 Å². The second-order valence-corrected chi connectivity index (χ2v) is 1.97. The molecule has 4 N–H and O–H groups in total. The molecule has 0 saturated carbocycles. The van der Waals surface area contributed by atoms with Crippen molar-refractivity contribution in [3.05, 3.63) is 12.3 Å². The van der Waals surface area contributed by atoms with Crippen molar-refractivity contribution in [3.8, 4) is 0 Å². The molecule has 0 aromatic carbocycles. The molecule has 0 aromatic heterocycles. The molecule has 2 atom stereocenters. The van der Waals surface area contributed by atoms with Crippen LogP contribution in [0.2, 0.25) is 0 Å². The van der Waals surface area contributed by atoms with E-state index in [0.717, 1.165) is 0 Å². The van der Waals surface area contributed by atoms with Crippen molar-refractivity contribution >= 4 is 0 Å². The lowest BCUT2D eigenvalue weighted by atomic mass is 10.2. The predicted molar refractivity (Wildman–Crippen MR) is 35.6 cm³/mol. The molecule has 2 unspecified atom stereocenters. The lowest BCUT2D eigenvalue weighted by Crippen LogP contribution is -2.21. The number of nitrogens with two attached hydrogens (primary N) is 1. The zero-order valence-corrected chi connectivity index (χ0v) is 5.49. The van der Waals surface area contributed by atoms with E-state index >= 15 is 0 Å². The van der Waals surface area contributed by atoms with Gasteiger partial charge >= 0.3 is 0 Å². The van der Waals surface area contributed by atoms with Crippen LogP contribution >= 0.6 is 0 Å². The molecule has 0 aliphatic heterocycles. The summed E-state index contributed by atoms with van der Waals surface area (Å²) in [4.78, 5) is 0. The van der Waals surface area contributed by atoms with Gasteiger partial charge in [0.15, 0.2) is 0 Å². The fourth-order valence-corrected chi connectivity index (χ4v) is 0.415. The summed E-state index contributed by atoms with van der Waals surface area (Å²) in [5.74, 6) is 0. The maximum Gasteiger partial charge on any atom is 0.0831 e. The van der Waals surface area contributed by atoms with Crippen LogP contribution in [0.4, 0.5) is 0 Å². The molecule has 3 heteroatoms. The Hall–Kier alpha value is -0.540. The van der Waals surface area contributed by atoms with Crippen LogP contribution in [0.1, 0.15) is 13.3 Å². The summed E-state index contributed by atoms with van der Waals surface area (Å²) in [7, 11) is 0. The molecule has 0 rings (SSSR count). The summed E-state index contributed by atoms with van der Waals surface area (Å²) in [5.41, 5.74) is 5.00. The molecule has 0 fully saturated rings. The molecule has 0 bridgehead atoms. The first-order chi connectivity index (χ1) is 4.18. The smallest absolute Gasteiger partial charge is 0.0831 e. The van der Waals surface area contributed by atoms with Gasteiger partial charge in [-0.25, -0.2) is 0 Å². The average molecular weight is 131 g/mol. The van der Waals surface area contributed by atoms with Gasteiger partial charge in [0.2, 0.25) is 0 Å². The van der Waals surface area contributed by atoms with Crippen molar-refractivity contribution in [2.45, 2.75) is 25.6 Å². The Morgan fingerprint density at radius 1 is 1.56 bits per heavy atom. The number of rotatable bonds is 3. The van der Waals surface area contributed by atoms with Crippen LogP contribution in [0.25, 0.3) is 0 Å². The Balaban J connectivity index is 3.38. The SMILES string of the molecule is CC(O)C(O)C/C=C/N. The quantitative estimate of drug-likeness (QED) is 0.488. The van der Waals surface area contributed by atoms with E-state index in [1.807, 2.05) is 0 Å². The Bertz CT molecular complexity index is 91.1. The zero-order valence-electron chi connectivity index (χ0n) is 5.49. The molecule has 0 saturated heterocycles. The average Bonchev–Trinajstić information content (AvgIpc) is 1.82. The molecule has 0 aliphatic rings. The molecule has 54 valence electrons. The van der Waals surface area contributed by atoms with Gasteiger partial charge in [0.1, 0.15) is 0 Å². The molecule has 9 heavy (non-hydrogen) atoms. The van der Waals surface area contributed by atoms with Gasteiger partial charge in [-0.3, -0.25) is 0 Å². The first kappa shape index (κ1) is 8.46. The molecule has 0 radical (unpaired) electrons. The minimum absolute atomic E-state index is 0.411. The molecule has 0 amide bonds. The van der Waals surface area contributed by atoms with E-state index in [9.17, 15) is 0 Å². The van der Waals surface area contributed by atoms with Crippen LogP contribution in [-0.2, 0) is 0 Å². The molecule has 0 spiro atoms. The molecule has 0 aliphatic carbocycles. The molecule has 0 aromatic rings. The fraction of sp³-hybridized carbons (Fsp3) is 0.667. The van der Waals surface area contributed by atoms with Crippen molar-refractivity contribution in [1.82, 2.24) is 0 Å². The van der Waals surface area contributed by atoms with Crippen molar-refractivity contribution < 1.29 is 10.2 Å². The summed E-state index contributed by atoms with van der Waals surface area (Å²) in [6.45, 7) is 1.54. The fourth-order valence-electron chi connectivity index (χ4n) is 0.415. The highest BCUT2D eigenvalue weighted by Crippen LogP contribution is 1.97. The Labute approximate surface area is 54.8 Å². The van der Waals surface area contributed by atoms with Crippen molar-refractivity contribution in [3.63, 3.8) is 0 Å². The largest absolute Gasteiger partial charge is 0.405 e. The standard InChI is InChI=1S/C6H13NO2/c1-5(8)6(9)3-2-4-7/h2,4-6,8-9H,3,7H2,1H3/b4-2+. The Kier molecular flexibility index (Phi) is 4.09. The first-order valence-electron chi connectivity index (χ1n) is 2.91. The van der Waals surface area contributed by atoms with E-state index in [1.165, 1.54) is 13.1 Å². The van der Waals surface area contributed by atoms with Gasteiger partial charge in [-0.2, -0.15) is 0 Å². The minimum Gasteiger partial charge on any atom is -0.405 e. The molecule has 3 nitrogen and oxygen atoms in total. The third-order valence-electron chi connectivity index (χ3n) is 1.07. The van der Waals surface area contributed by atoms with Crippen molar-refractivity contribution in [2.24, 2.45) is 5.73 Å². The monoisotopic (exact) mass is 131 g/mol. The summed E-state index contributed by atoms with van der Waals surface area (Å²) < 4.78 is 0. The van der Waals surface area contributed by atoms with Gasteiger partial charge in [-0.05, 0) is 19.5 Å². The molecule has 0 heterocycles. The number of aliphatic hydroxyl groups excluding tert-OH is 2. The molecular formula is C6H13NO2. The van der Waals surface area contributed by atoms with Gasteiger partial charge in [-0.15, -0.1) is 0 Å². The molecular weight excluding hydrogens is 118 g/mol. The highest BCUT2D eigenvalue weighted by atomic mass is 16.3. The van der Waals surface area contributed by atoms with E-state index in [2.05, 4.69) is 0 Å². The van der Waals surface area contributed by atoms with Crippen LogP contribution in [0.15, 0.2) is 12.3 Å². The number of aliphatic hydroxyl groups is 2. The summed E-state index contributed by atoms with van der Waals surface area (Å²) in [6, 6.07) is 0. The lowest BCUT2D eigenvalue weighted by molar-refractivity contribution is 0.0336. The second kappa shape index (κ2) is 4.35. The Morgan fingerprint density at radius 3 is 2.44 bits per heavy atom. The van der Waals surface area contributed by atoms with Crippen molar-refractivity contribution in [2.75, 3.05) is 0 Å². The van der Waals surface area contributed by atoms with E-state index in [0.29, 0.717) is 6.42 Å². The first-order valence-corrected chi connectivity index (χ1v) is 2.91. The van der Waals surface area contributed by atoms with E-state index in [-0.39, 0.29) is 0 Å². The third kappa shape index (κ3) is 4.00. The highest BCUT2D eigenvalue weighted by molar-refractivity contribution is 4.80. The van der Waals surface area contributed by atoms with E-state index in [4.69, 9.17) is 15.9 Å². The van der Waals surface area contributed by atoms with Crippen LogP contribution in [-0.4, -0.2) is 22.4 Å². The maximum absolute atomic E-state index is 8.90. The van der Waals surface area contributed by atoms with Crippen molar-refractivity contribution in [1.29, 1.82) is 0 Å². The normalized spacial score (nSPS) is 18.1. The van der Waals surface area contributed by atoms with Crippen LogP contribution in [0.5, 0.6) is 0 Å². The van der Waals surface area contributed by atoms with E-state index in [1.54, 1.807) is 6.08 Å². The Morgan fingerprint density at radius 2 is 2.11 bits per heavy atom. The number of hydrogen-bond donors (Lipinski definition) is 3. The van der Waals surface area contributed by atoms with Crippen LogP contribution in [0, 0.1) is 0 Å². The second-order valence-electron chi connectivity index (χ2n) is 1.97. The third-order valence-corrected chi connectivity index (χ3v) is 1.07. The summed E-state index contributed by atoms with van der Waals surface area (Å²) in [5, 5.41) is 17.6. The van der Waals surface area contributed by atoms with Gasteiger partial charge in [-0.1, -0.05) is 6.08 Å². The zero-order chi connectivity index (χ0) is 7.28. The lowest BCUT2D eigenvalue weighted by Gasteiger charge is -2.09. The summed E-state index contributed by atoms with van der Waals surface area (Å²) >= 11 is 0. The maximum atomic E-state index is 8.90.